The van der Waals surface area contributed by atoms with Gasteiger partial charge in [-0.3, -0.25) is 9.59 Å². The number of hydrogen-bond donors (Lipinski definition) is 2. The molecule has 2 atom stereocenters. The molecule has 2 aromatic carbocycles. The Labute approximate surface area is 166 Å². The first-order chi connectivity index (χ1) is 13.8. The number of hydrogen-bond acceptors (Lipinski definition) is 4. The van der Waals surface area contributed by atoms with Crippen LogP contribution in [0.1, 0.15) is 5.56 Å². The molecule has 4 amide bonds. The normalized spacial score (nSPS) is 20.9. The Morgan fingerprint density at radius 2 is 1.72 bits per heavy atom. The van der Waals surface area contributed by atoms with E-state index in [2.05, 4.69) is 10.6 Å². The van der Waals surface area contributed by atoms with Gasteiger partial charge < -0.3 is 15.5 Å². The first-order valence-electron chi connectivity index (χ1n) is 9.07. The van der Waals surface area contributed by atoms with E-state index in [-0.39, 0.29) is 5.57 Å². The Bertz CT molecular complexity index is 1020. The highest BCUT2D eigenvalue weighted by atomic mass is 19.1. The lowest BCUT2D eigenvalue weighted by Crippen LogP contribution is -2.65. The number of fused-ring (bicyclic) bond motifs is 1. The number of aryl methyl sites for hydroxylation is 1. The van der Waals surface area contributed by atoms with E-state index in [1.54, 1.807) is 30.3 Å². The molecule has 0 saturated carbocycles. The number of nitrogens with zero attached hydrogens (tertiary/aromatic N) is 2. The fourth-order valence-corrected chi connectivity index (χ4v) is 3.56. The molecule has 2 heterocycles. The molecular weight excluding hydrogens is 375 g/mol. The molecule has 4 rings (SSSR count). The number of imide groups is 1. The molecule has 8 heteroatoms. The first kappa shape index (κ1) is 18.7. The van der Waals surface area contributed by atoms with Gasteiger partial charge >= 0.3 is 6.03 Å². The van der Waals surface area contributed by atoms with Crippen LogP contribution in [-0.4, -0.2) is 41.9 Å². The molecule has 0 spiro atoms. The van der Waals surface area contributed by atoms with Crippen molar-refractivity contribution in [2.75, 3.05) is 17.3 Å². The molecule has 2 aromatic rings. The first-order valence-corrected chi connectivity index (χ1v) is 9.07. The highest BCUT2D eigenvalue weighted by molar-refractivity contribution is 6.20. The summed E-state index contributed by atoms with van der Waals surface area (Å²) in [5.74, 6) is -1.29. The van der Waals surface area contributed by atoms with E-state index in [1.807, 2.05) is 19.1 Å². The second-order valence-electron chi connectivity index (χ2n) is 7.09. The lowest BCUT2D eigenvalue weighted by Gasteiger charge is -2.37. The van der Waals surface area contributed by atoms with Gasteiger partial charge in [-0.05, 0) is 43.3 Å². The minimum Gasteiger partial charge on any atom is -0.366 e. The number of urea groups is 1. The summed E-state index contributed by atoms with van der Waals surface area (Å²) in [6.07, 6.45) is 1.55. The summed E-state index contributed by atoms with van der Waals surface area (Å²) in [5, 5.41) is 5.43. The van der Waals surface area contributed by atoms with Gasteiger partial charge in [0.1, 0.15) is 11.9 Å². The van der Waals surface area contributed by atoms with Crippen molar-refractivity contribution in [1.82, 2.24) is 10.2 Å². The van der Waals surface area contributed by atoms with Crippen LogP contribution < -0.4 is 15.5 Å². The Balaban J connectivity index is 1.56. The zero-order chi connectivity index (χ0) is 20.7. The quantitative estimate of drug-likeness (QED) is 0.838. The Kier molecular flexibility index (Phi) is 4.54. The third kappa shape index (κ3) is 3.33. The van der Waals surface area contributed by atoms with E-state index in [1.165, 1.54) is 24.3 Å². The molecule has 0 aromatic heterocycles. The number of carbonyl (C=O) groups is 3. The highest BCUT2D eigenvalue weighted by Gasteiger charge is 2.49. The molecule has 2 unspecified atom stereocenters. The van der Waals surface area contributed by atoms with Crippen molar-refractivity contribution in [3.63, 3.8) is 0 Å². The van der Waals surface area contributed by atoms with Gasteiger partial charge in [0.15, 0.2) is 0 Å². The second kappa shape index (κ2) is 7.05. The monoisotopic (exact) mass is 394 g/mol. The van der Waals surface area contributed by atoms with E-state index >= 15 is 0 Å². The third-order valence-corrected chi connectivity index (χ3v) is 5.04. The summed E-state index contributed by atoms with van der Waals surface area (Å²) in [7, 11) is 1.68. The third-order valence-electron chi connectivity index (χ3n) is 5.04. The molecule has 7 nitrogen and oxygen atoms in total. The van der Waals surface area contributed by atoms with Crippen LogP contribution in [0.2, 0.25) is 0 Å². The summed E-state index contributed by atoms with van der Waals surface area (Å²) in [4.78, 5) is 41.2. The standard InChI is InChI=1S/C21H19FN4O3/c1-12-3-9-15(10-4-12)26-20(28)18-17(24-21(26)29)16(11-25(18)2)19(27)23-14-7-5-13(22)6-8-14/h3-11,17-18H,1-2H3,(H,23,27)(H,24,29). The van der Waals surface area contributed by atoms with Crippen molar-refractivity contribution in [3.8, 4) is 0 Å². The van der Waals surface area contributed by atoms with Crippen LogP contribution in [0, 0.1) is 12.7 Å². The lowest BCUT2D eigenvalue weighted by molar-refractivity contribution is -0.122. The van der Waals surface area contributed by atoms with E-state index in [9.17, 15) is 18.8 Å². The van der Waals surface area contributed by atoms with Gasteiger partial charge in [0.25, 0.3) is 11.8 Å². The van der Waals surface area contributed by atoms with E-state index in [0.717, 1.165) is 10.5 Å². The molecule has 29 heavy (non-hydrogen) atoms. The smallest absolute Gasteiger partial charge is 0.329 e. The van der Waals surface area contributed by atoms with Crippen molar-refractivity contribution in [2.24, 2.45) is 0 Å². The van der Waals surface area contributed by atoms with Gasteiger partial charge in [0.2, 0.25) is 0 Å². The van der Waals surface area contributed by atoms with Crippen LogP contribution >= 0.6 is 0 Å². The topological polar surface area (TPSA) is 81.8 Å². The maximum atomic E-state index is 13.1. The van der Waals surface area contributed by atoms with Crippen molar-refractivity contribution in [2.45, 2.75) is 19.0 Å². The Morgan fingerprint density at radius 1 is 1.07 bits per heavy atom. The molecule has 0 radical (unpaired) electrons. The van der Waals surface area contributed by atoms with Gasteiger partial charge in [0.05, 0.1) is 17.3 Å². The maximum absolute atomic E-state index is 13.1. The predicted molar refractivity (Wildman–Crippen MR) is 106 cm³/mol. The van der Waals surface area contributed by atoms with Crippen LogP contribution in [0.4, 0.5) is 20.6 Å². The SMILES string of the molecule is Cc1ccc(N2C(=O)NC3C(C(=O)Nc4ccc(F)cc4)=CN(C)C3C2=O)cc1. The van der Waals surface area contributed by atoms with Crippen LogP contribution in [0.3, 0.4) is 0 Å². The molecule has 148 valence electrons. The summed E-state index contributed by atoms with van der Waals surface area (Å²) in [5.41, 5.74) is 2.15. The molecule has 2 aliphatic heterocycles. The number of likely N-dealkylation sites (N-methyl/N-ethyl adjacent to an activating group) is 1. The fourth-order valence-electron chi connectivity index (χ4n) is 3.56. The maximum Gasteiger partial charge on any atom is 0.329 e. The average Bonchev–Trinajstić information content (AvgIpc) is 3.01. The highest BCUT2D eigenvalue weighted by Crippen LogP contribution is 2.30. The van der Waals surface area contributed by atoms with Gasteiger partial charge in [-0.2, -0.15) is 0 Å². The van der Waals surface area contributed by atoms with Crippen molar-refractivity contribution >= 4 is 29.2 Å². The number of halogens is 1. The predicted octanol–water partition coefficient (Wildman–Crippen LogP) is 2.40. The number of carbonyl (C=O) groups excluding carboxylic acids is 3. The summed E-state index contributed by atoms with van der Waals surface area (Å²) in [6.45, 7) is 1.92. The fraction of sp³-hybridized carbons (Fsp3) is 0.190. The average molecular weight is 394 g/mol. The molecule has 1 saturated heterocycles. The molecular formula is C21H19FN4O3. The van der Waals surface area contributed by atoms with Crippen molar-refractivity contribution in [1.29, 1.82) is 0 Å². The van der Waals surface area contributed by atoms with Gasteiger partial charge in [-0.15, -0.1) is 0 Å². The molecule has 2 aliphatic rings. The number of anilines is 2. The number of benzene rings is 2. The molecule has 1 fully saturated rings. The van der Waals surface area contributed by atoms with E-state index < -0.39 is 35.7 Å². The van der Waals surface area contributed by atoms with Gasteiger partial charge in [-0.25, -0.2) is 14.1 Å². The van der Waals surface area contributed by atoms with Crippen molar-refractivity contribution in [3.05, 3.63) is 71.7 Å². The van der Waals surface area contributed by atoms with Crippen LogP contribution in [0.5, 0.6) is 0 Å². The zero-order valence-corrected chi connectivity index (χ0v) is 15.8. The largest absolute Gasteiger partial charge is 0.366 e. The minimum absolute atomic E-state index is 0.257. The van der Waals surface area contributed by atoms with Gasteiger partial charge in [-0.1, -0.05) is 17.7 Å². The molecule has 0 aliphatic carbocycles. The second-order valence-corrected chi connectivity index (χ2v) is 7.09. The summed E-state index contributed by atoms with van der Waals surface area (Å²) >= 11 is 0. The minimum atomic E-state index is -0.776. The number of amides is 4. The zero-order valence-electron chi connectivity index (χ0n) is 15.8. The van der Waals surface area contributed by atoms with Gasteiger partial charge in [0, 0.05) is 18.9 Å². The molecule has 0 bridgehead atoms. The van der Waals surface area contributed by atoms with E-state index in [4.69, 9.17) is 0 Å². The van der Waals surface area contributed by atoms with Crippen LogP contribution in [-0.2, 0) is 9.59 Å². The van der Waals surface area contributed by atoms with Crippen LogP contribution in [0.25, 0.3) is 0 Å². The summed E-state index contributed by atoms with van der Waals surface area (Å²) in [6, 6.07) is 10.3. The van der Waals surface area contributed by atoms with Crippen molar-refractivity contribution < 1.29 is 18.8 Å². The lowest BCUT2D eigenvalue weighted by atomic mass is 9.99. The van der Waals surface area contributed by atoms with Crippen LogP contribution in [0.15, 0.2) is 60.3 Å². The Hall–Kier alpha value is -3.68. The number of nitrogens with one attached hydrogen (secondary N) is 2. The summed E-state index contributed by atoms with van der Waals surface area (Å²) < 4.78 is 13.1. The van der Waals surface area contributed by atoms with E-state index in [0.29, 0.717) is 11.4 Å². The molecule has 2 N–H and O–H groups in total. The Morgan fingerprint density at radius 3 is 2.38 bits per heavy atom. The number of rotatable bonds is 3.